The van der Waals surface area contributed by atoms with Crippen molar-refractivity contribution in [1.29, 1.82) is 0 Å². The molecule has 49 heavy (non-hydrogen) atoms. The first kappa shape index (κ1) is 32.8. The first-order chi connectivity index (χ1) is 23.8. The number of aliphatic hydroxyl groups excluding tert-OH is 1. The molecule has 3 atom stereocenters. The number of aliphatic hydroxyl groups is 1. The Balaban J connectivity index is 1.27. The maximum Gasteiger partial charge on any atom is 0.272 e. The number of hydrogen-bond donors (Lipinski definition) is 5. The Morgan fingerprint density at radius 3 is 2.57 bits per heavy atom. The van der Waals surface area contributed by atoms with Gasteiger partial charge in [-0.15, -0.1) is 0 Å². The lowest BCUT2D eigenvalue weighted by Gasteiger charge is -2.23. The van der Waals surface area contributed by atoms with Gasteiger partial charge in [-0.25, -0.2) is 19.6 Å². The molecular formula is C33H34N10O6. The van der Waals surface area contributed by atoms with Crippen molar-refractivity contribution in [3.05, 3.63) is 96.3 Å². The predicted molar refractivity (Wildman–Crippen MR) is 174 cm³/mol. The van der Waals surface area contributed by atoms with Crippen molar-refractivity contribution in [1.82, 2.24) is 50.4 Å². The minimum Gasteiger partial charge on any atom is -0.492 e. The number of rotatable bonds is 4. The summed E-state index contributed by atoms with van der Waals surface area (Å²) in [6.07, 6.45) is 4.76. The van der Waals surface area contributed by atoms with Crippen LogP contribution >= 0.6 is 0 Å². The molecule has 2 aliphatic heterocycles. The van der Waals surface area contributed by atoms with Gasteiger partial charge in [-0.05, 0) is 30.7 Å². The fraction of sp³-hybridized carbons (Fsp3) is 0.273. The number of nitrogens with one attached hydrogen (secondary N) is 4. The van der Waals surface area contributed by atoms with E-state index in [1.54, 1.807) is 54.0 Å². The molecule has 5 heterocycles. The van der Waals surface area contributed by atoms with Gasteiger partial charge in [0.15, 0.2) is 5.82 Å². The average Bonchev–Trinajstić information content (AvgIpc) is 3.74. The summed E-state index contributed by atoms with van der Waals surface area (Å²) < 4.78 is 8.76. The standard InChI is InChI=1S/C33H34N10O6/c1-20-29-40-28(22-6-3-2-4-7-22)41-43(29)18-27(45)34-13-15-49-23-10-8-21(9-11-23)16-24(30(46)38-26(19-44)32(48)36-20)37-31(47)25-17-42-14-5-12-35-33(42)39-25/h2-12,14,17,20,24,26,44H,13,15-16,18-19H2,1H3,(H,34,45)(H,36,48)(H,37,47)(H,38,46)/t20-,24-,26-/m0/s1. The van der Waals surface area contributed by atoms with Gasteiger partial charge < -0.3 is 31.1 Å². The number of imidazole rings is 1. The van der Waals surface area contributed by atoms with Crippen LogP contribution in [-0.2, 0) is 27.3 Å². The van der Waals surface area contributed by atoms with Gasteiger partial charge in [0.2, 0.25) is 23.5 Å². The number of amides is 4. The number of nitrogens with zero attached hydrogens (tertiary/aromatic N) is 6. The van der Waals surface area contributed by atoms with Gasteiger partial charge in [0, 0.05) is 30.6 Å². The summed E-state index contributed by atoms with van der Waals surface area (Å²) >= 11 is 0. The second-order valence-electron chi connectivity index (χ2n) is 11.3. The molecule has 3 aromatic heterocycles. The molecule has 0 radical (unpaired) electrons. The number of hydrogen-bond acceptors (Lipinski definition) is 10. The number of ether oxygens (including phenoxy) is 1. The van der Waals surface area contributed by atoms with E-state index in [9.17, 15) is 24.3 Å². The van der Waals surface area contributed by atoms with E-state index >= 15 is 0 Å². The summed E-state index contributed by atoms with van der Waals surface area (Å²) in [4.78, 5) is 66.2. The fourth-order valence-electron chi connectivity index (χ4n) is 5.23. The Hall–Kier alpha value is -6.16. The zero-order valence-corrected chi connectivity index (χ0v) is 26.4. The van der Waals surface area contributed by atoms with Crippen LogP contribution in [0.2, 0.25) is 0 Å². The minimum atomic E-state index is -1.39. The molecule has 16 heteroatoms. The normalized spacial score (nSPS) is 19.2. The summed E-state index contributed by atoms with van der Waals surface area (Å²) in [7, 11) is 0. The van der Waals surface area contributed by atoms with Crippen molar-refractivity contribution in [2.75, 3.05) is 19.8 Å². The molecule has 0 unspecified atom stereocenters. The van der Waals surface area contributed by atoms with Crippen molar-refractivity contribution in [2.45, 2.75) is 38.0 Å². The molecule has 2 aromatic carbocycles. The van der Waals surface area contributed by atoms with E-state index in [-0.39, 0.29) is 43.5 Å². The largest absolute Gasteiger partial charge is 0.492 e. The summed E-state index contributed by atoms with van der Waals surface area (Å²) in [6.45, 7) is 1.13. The van der Waals surface area contributed by atoms with Crippen molar-refractivity contribution in [2.24, 2.45) is 0 Å². The van der Waals surface area contributed by atoms with Crippen molar-refractivity contribution >= 4 is 29.4 Å². The van der Waals surface area contributed by atoms with E-state index in [4.69, 9.17) is 4.74 Å². The van der Waals surface area contributed by atoms with Crippen LogP contribution in [0.1, 0.15) is 34.8 Å². The van der Waals surface area contributed by atoms with Gasteiger partial charge in [-0.2, -0.15) is 5.10 Å². The highest BCUT2D eigenvalue weighted by atomic mass is 16.5. The number of fused-ring (bicyclic) bond motifs is 15. The topological polar surface area (TPSA) is 207 Å². The van der Waals surface area contributed by atoms with Crippen LogP contribution < -0.4 is 26.0 Å². The Bertz CT molecular complexity index is 1930. The van der Waals surface area contributed by atoms with Crippen LogP contribution in [0.5, 0.6) is 5.75 Å². The molecule has 7 rings (SSSR count). The van der Waals surface area contributed by atoms with E-state index < -0.39 is 42.5 Å². The summed E-state index contributed by atoms with van der Waals surface area (Å²) in [5.41, 5.74) is 1.43. The minimum absolute atomic E-state index is 0.0399. The maximum absolute atomic E-state index is 13.7. The van der Waals surface area contributed by atoms with Gasteiger partial charge >= 0.3 is 0 Å². The predicted octanol–water partition coefficient (Wildman–Crippen LogP) is 0.192. The number of benzene rings is 2. The monoisotopic (exact) mass is 666 g/mol. The maximum atomic E-state index is 13.7. The summed E-state index contributed by atoms with van der Waals surface area (Å²) in [5, 5.41) is 25.5. The SMILES string of the molecule is C[C@@H]1NC(=O)[C@H](CO)NC(=O)[C@@H](NC(=O)c2cn3cccnc3n2)Cc2ccc(cc2)OCCNC(=O)Cn2nc(-c3ccccc3)nc21. The Kier molecular flexibility index (Phi) is 9.85. The lowest BCUT2D eigenvalue weighted by molar-refractivity contribution is -0.131. The number of aromatic nitrogens is 6. The molecular weight excluding hydrogens is 632 g/mol. The van der Waals surface area contributed by atoms with Crippen LogP contribution in [0.15, 0.2) is 79.3 Å². The quantitative estimate of drug-likeness (QED) is 0.176. The third-order valence-electron chi connectivity index (χ3n) is 7.73. The van der Waals surface area contributed by atoms with E-state index in [2.05, 4.69) is 41.3 Å². The van der Waals surface area contributed by atoms with E-state index in [0.29, 0.717) is 28.5 Å². The van der Waals surface area contributed by atoms with Crippen molar-refractivity contribution < 1.29 is 29.0 Å². The molecule has 5 N–H and O–H groups in total. The van der Waals surface area contributed by atoms with Crippen molar-refractivity contribution in [3.8, 4) is 17.1 Å². The van der Waals surface area contributed by atoms with Crippen LogP contribution in [0, 0.1) is 0 Å². The Morgan fingerprint density at radius 1 is 1.02 bits per heavy atom. The lowest BCUT2D eigenvalue weighted by atomic mass is 10.0. The highest BCUT2D eigenvalue weighted by Crippen LogP contribution is 2.19. The molecule has 0 saturated heterocycles. The lowest BCUT2D eigenvalue weighted by Crippen LogP contribution is -2.56. The molecule has 2 aliphatic rings. The number of carbonyl (C=O) groups is 4. The van der Waals surface area contributed by atoms with E-state index in [0.717, 1.165) is 0 Å². The van der Waals surface area contributed by atoms with Crippen LogP contribution in [-0.4, -0.2) is 89.7 Å². The highest BCUT2D eigenvalue weighted by Gasteiger charge is 2.30. The third-order valence-corrected chi connectivity index (χ3v) is 7.73. The molecule has 0 saturated carbocycles. The second-order valence-corrected chi connectivity index (χ2v) is 11.3. The number of carbonyl (C=O) groups excluding carboxylic acids is 4. The molecule has 4 amide bonds. The van der Waals surface area contributed by atoms with Gasteiger partial charge in [-0.3, -0.25) is 23.6 Å². The zero-order chi connectivity index (χ0) is 34.3. The Morgan fingerprint density at radius 2 is 1.82 bits per heavy atom. The summed E-state index contributed by atoms with van der Waals surface area (Å²) in [6, 6.07) is 14.4. The van der Waals surface area contributed by atoms with Crippen LogP contribution in [0.3, 0.4) is 0 Å². The molecule has 16 nitrogen and oxygen atoms in total. The zero-order valence-electron chi connectivity index (χ0n) is 26.4. The first-order valence-corrected chi connectivity index (χ1v) is 15.6. The highest BCUT2D eigenvalue weighted by molar-refractivity contribution is 5.97. The average molecular weight is 667 g/mol. The first-order valence-electron chi connectivity index (χ1n) is 15.6. The van der Waals surface area contributed by atoms with Crippen molar-refractivity contribution in [3.63, 3.8) is 0 Å². The molecule has 252 valence electrons. The van der Waals surface area contributed by atoms with Gasteiger partial charge in [0.25, 0.3) is 5.91 Å². The van der Waals surface area contributed by atoms with E-state index in [1.807, 2.05) is 30.3 Å². The van der Waals surface area contributed by atoms with E-state index in [1.165, 1.54) is 10.9 Å². The smallest absolute Gasteiger partial charge is 0.272 e. The molecule has 2 bridgehead atoms. The summed E-state index contributed by atoms with van der Waals surface area (Å²) in [5.74, 6) is -0.925. The van der Waals surface area contributed by atoms with Gasteiger partial charge in [-0.1, -0.05) is 42.5 Å². The molecule has 0 aliphatic carbocycles. The Labute approximate surface area is 279 Å². The third kappa shape index (κ3) is 7.87. The van der Waals surface area contributed by atoms with Gasteiger partial charge in [0.1, 0.15) is 42.5 Å². The fourth-order valence-corrected chi connectivity index (χ4v) is 5.23. The molecule has 0 spiro atoms. The molecule has 0 fully saturated rings. The van der Waals surface area contributed by atoms with Crippen LogP contribution in [0.4, 0.5) is 0 Å². The molecule has 5 aromatic rings. The van der Waals surface area contributed by atoms with Gasteiger partial charge in [0.05, 0.1) is 19.2 Å². The van der Waals surface area contributed by atoms with Crippen LogP contribution in [0.25, 0.3) is 17.2 Å². The second kappa shape index (κ2) is 14.7.